The number of nitrogens with one attached hydrogen (secondary N) is 2. The summed E-state index contributed by atoms with van der Waals surface area (Å²) in [6.45, 7) is 1.83. The Hall–Kier alpha value is -1.90. The fraction of sp³-hybridized carbons (Fsp3) is 0.312. The molecule has 1 aromatic carbocycles. The Kier molecular flexibility index (Phi) is 5.17. The van der Waals surface area contributed by atoms with E-state index in [2.05, 4.69) is 14.9 Å². The summed E-state index contributed by atoms with van der Waals surface area (Å²) in [5.41, 5.74) is 1.79. The molecule has 0 bridgehead atoms. The van der Waals surface area contributed by atoms with Gasteiger partial charge in [0.15, 0.2) is 0 Å². The van der Waals surface area contributed by atoms with Gasteiger partial charge in [-0.15, -0.1) is 11.3 Å². The molecular weight excluding hydrogens is 346 g/mol. The molecule has 1 aliphatic rings. The number of carbonyl (C=O) groups excluding carboxylic acids is 1. The molecule has 1 fully saturated rings. The fourth-order valence-electron chi connectivity index (χ4n) is 2.58. The van der Waals surface area contributed by atoms with Crippen LogP contribution in [0.15, 0.2) is 46.0 Å². The molecule has 1 amide bonds. The van der Waals surface area contributed by atoms with Crippen molar-refractivity contribution in [3.63, 3.8) is 0 Å². The van der Waals surface area contributed by atoms with E-state index < -0.39 is 15.9 Å². The predicted molar refractivity (Wildman–Crippen MR) is 96.0 cm³/mol. The lowest BCUT2D eigenvalue weighted by Gasteiger charge is -2.17. The lowest BCUT2D eigenvalue weighted by molar-refractivity contribution is -0.115. The highest BCUT2D eigenvalue weighted by molar-refractivity contribution is 7.91. The van der Waals surface area contributed by atoms with Crippen LogP contribution < -0.4 is 14.9 Å². The van der Waals surface area contributed by atoms with Crippen molar-refractivity contribution in [1.29, 1.82) is 0 Å². The third-order valence-corrected chi connectivity index (χ3v) is 6.60. The Bertz CT molecular complexity index is 780. The molecule has 0 saturated carbocycles. The van der Waals surface area contributed by atoms with Crippen LogP contribution >= 0.6 is 11.3 Å². The quantitative estimate of drug-likeness (QED) is 0.823. The zero-order valence-electron chi connectivity index (χ0n) is 13.1. The normalized spacial score (nSPS) is 14.8. The van der Waals surface area contributed by atoms with Gasteiger partial charge in [0.05, 0.1) is 6.54 Å². The van der Waals surface area contributed by atoms with E-state index in [1.165, 1.54) is 18.9 Å². The van der Waals surface area contributed by atoms with Crippen LogP contribution in [0.2, 0.25) is 0 Å². The van der Waals surface area contributed by atoms with Crippen molar-refractivity contribution < 1.29 is 13.2 Å². The molecule has 0 radical (unpaired) electrons. The first-order chi connectivity index (χ1) is 11.5. The monoisotopic (exact) mass is 365 g/mol. The summed E-state index contributed by atoms with van der Waals surface area (Å²) in [7, 11) is -3.62. The van der Waals surface area contributed by atoms with Crippen LogP contribution in [0.4, 0.5) is 11.4 Å². The van der Waals surface area contributed by atoms with Crippen molar-refractivity contribution in [3.05, 3.63) is 41.8 Å². The summed E-state index contributed by atoms with van der Waals surface area (Å²) in [6, 6.07) is 10.8. The van der Waals surface area contributed by atoms with Crippen LogP contribution in [-0.4, -0.2) is 34.0 Å². The number of hydrogen-bond acceptors (Lipinski definition) is 5. The highest BCUT2D eigenvalue weighted by atomic mass is 32.2. The molecular formula is C16H19N3O3S2. The van der Waals surface area contributed by atoms with Crippen molar-refractivity contribution in [2.24, 2.45) is 0 Å². The molecule has 8 heteroatoms. The number of sulfonamides is 1. The third-order valence-electron chi connectivity index (χ3n) is 3.80. The van der Waals surface area contributed by atoms with Gasteiger partial charge in [-0.3, -0.25) is 4.79 Å². The van der Waals surface area contributed by atoms with E-state index in [1.54, 1.807) is 11.4 Å². The molecule has 1 saturated heterocycles. The average molecular weight is 365 g/mol. The van der Waals surface area contributed by atoms with Crippen molar-refractivity contribution in [1.82, 2.24) is 4.72 Å². The first kappa shape index (κ1) is 16.9. The summed E-state index contributed by atoms with van der Waals surface area (Å²) in [4.78, 5) is 14.2. The summed E-state index contributed by atoms with van der Waals surface area (Å²) >= 11 is 1.11. The lowest BCUT2D eigenvalue weighted by Crippen LogP contribution is -2.32. The molecule has 1 aromatic heterocycles. The number of thiophene rings is 1. The topological polar surface area (TPSA) is 78.5 Å². The molecule has 2 N–H and O–H groups in total. The van der Waals surface area contributed by atoms with Crippen LogP contribution in [-0.2, 0) is 14.8 Å². The molecule has 1 aliphatic heterocycles. The molecule has 0 unspecified atom stereocenters. The van der Waals surface area contributed by atoms with Gasteiger partial charge in [-0.25, -0.2) is 13.1 Å². The van der Waals surface area contributed by atoms with Gasteiger partial charge in [0.2, 0.25) is 5.91 Å². The SMILES string of the molecule is O=C(CNS(=O)(=O)c1cccs1)Nc1ccc(N2CCCC2)cc1. The highest BCUT2D eigenvalue weighted by Gasteiger charge is 2.16. The number of rotatable bonds is 6. The summed E-state index contributed by atoms with van der Waals surface area (Å²) < 4.78 is 26.4. The van der Waals surface area contributed by atoms with Gasteiger partial charge >= 0.3 is 0 Å². The highest BCUT2D eigenvalue weighted by Crippen LogP contribution is 2.22. The maximum atomic E-state index is 12.0. The van der Waals surface area contributed by atoms with E-state index in [4.69, 9.17) is 0 Å². The van der Waals surface area contributed by atoms with Gasteiger partial charge in [-0.2, -0.15) is 0 Å². The first-order valence-electron chi connectivity index (χ1n) is 7.73. The number of carbonyl (C=O) groups is 1. The summed E-state index contributed by atoms with van der Waals surface area (Å²) in [5, 5.41) is 4.37. The predicted octanol–water partition coefficient (Wildman–Crippen LogP) is 2.27. The van der Waals surface area contributed by atoms with Crippen LogP contribution in [0.5, 0.6) is 0 Å². The maximum absolute atomic E-state index is 12.0. The van der Waals surface area contributed by atoms with E-state index in [9.17, 15) is 13.2 Å². The van der Waals surface area contributed by atoms with Crippen LogP contribution in [0.25, 0.3) is 0 Å². The van der Waals surface area contributed by atoms with E-state index >= 15 is 0 Å². The molecule has 0 spiro atoms. The van der Waals surface area contributed by atoms with Crippen molar-refractivity contribution in [2.45, 2.75) is 17.1 Å². The van der Waals surface area contributed by atoms with Crippen LogP contribution in [0.1, 0.15) is 12.8 Å². The Balaban J connectivity index is 1.53. The number of anilines is 2. The second kappa shape index (κ2) is 7.33. The Labute approximate surface area is 145 Å². The fourth-order valence-corrected chi connectivity index (χ4v) is 4.60. The Morgan fingerprint density at radius 2 is 1.83 bits per heavy atom. The smallest absolute Gasteiger partial charge is 0.250 e. The van der Waals surface area contributed by atoms with E-state index in [-0.39, 0.29) is 10.8 Å². The number of nitrogens with zero attached hydrogens (tertiary/aromatic N) is 1. The second-order valence-electron chi connectivity index (χ2n) is 5.55. The van der Waals surface area contributed by atoms with Gasteiger partial charge in [0, 0.05) is 24.5 Å². The summed E-state index contributed by atoms with van der Waals surface area (Å²) in [5.74, 6) is -0.399. The molecule has 2 aromatic rings. The zero-order valence-corrected chi connectivity index (χ0v) is 14.7. The molecule has 0 aliphatic carbocycles. The zero-order chi connectivity index (χ0) is 17.0. The Morgan fingerprint density at radius 3 is 2.46 bits per heavy atom. The Morgan fingerprint density at radius 1 is 1.12 bits per heavy atom. The minimum atomic E-state index is -3.62. The van der Waals surface area contributed by atoms with Gasteiger partial charge in [-0.05, 0) is 48.6 Å². The molecule has 2 heterocycles. The van der Waals surface area contributed by atoms with E-state index in [0.717, 1.165) is 30.1 Å². The maximum Gasteiger partial charge on any atom is 0.250 e. The van der Waals surface area contributed by atoms with Crippen LogP contribution in [0, 0.1) is 0 Å². The van der Waals surface area contributed by atoms with Crippen molar-refractivity contribution in [2.75, 3.05) is 29.9 Å². The first-order valence-corrected chi connectivity index (χ1v) is 10.1. The van der Waals surface area contributed by atoms with E-state index in [1.807, 2.05) is 24.3 Å². The number of amides is 1. The molecule has 3 rings (SSSR count). The minimum Gasteiger partial charge on any atom is -0.372 e. The van der Waals surface area contributed by atoms with Crippen molar-refractivity contribution in [3.8, 4) is 0 Å². The summed E-state index contributed by atoms with van der Waals surface area (Å²) in [6.07, 6.45) is 2.42. The molecule has 128 valence electrons. The van der Waals surface area contributed by atoms with Crippen molar-refractivity contribution >= 4 is 38.6 Å². The number of hydrogen-bond donors (Lipinski definition) is 2. The standard InChI is InChI=1S/C16H19N3O3S2/c20-15(12-17-24(21,22)16-4-3-11-23-16)18-13-5-7-14(8-6-13)19-9-1-2-10-19/h3-8,11,17H,1-2,9-10,12H2,(H,18,20). The van der Waals surface area contributed by atoms with Gasteiger partial charge in [0.25, 0.3) is 10.0 Å². The third kappa shape index (κ3) is 4.14. The molecule has 6 nitrogen and oxygen atoms in total. The van der Waals surface area contributed by atoms with Gasteiger partial charge in [-0.1, -0.05) is 6.07 Å². The van der Waals surface area contributed by atoms with Gasteiger partial charge in [0.1, 0.15) is 4.21 Å². The second-order valence-corrected chi connectivity index (χ2v) is 8.49. The lowest BCUT2D eigenvalue weighted by atomic mass is 10.2. The molecule has 0 atom stereocenters. The molecule has 24 heavy (non-hydrogen) atoms. The van der Waals surface area contributed by atoms with Crippen LogP contribution in [0.3, 0.4) is 0 Å². The number of benzene rings is 1. The average Bonchev–Trinajstić information content (AvgIpc) is 3.27. The van der Waals surface area contributed by atoms with E-state index in [0.29, 0.717) is 5.69 Å². The minimum absolute atomic E-state index is 0.199. The van der Waals surface area contributed by atoms with Gasteiger partial charge < -0.3 is 10.2 Å². The largest absolute Gasteiger partial charge is 0.372 e.